The lowest BCUT2D eigenvalue weighted by Crippen LogP contribution is -2.25. The Morgan fingerprint density at radius 2 is 1.95 bits per heavy atom. The van der Waals surface area contributed by atoms with E-state index in [1.54, 1.807) is 0 Å². The highest BCUT2D eigenvalue weighted by molar-refractivity contribution is 5.29. The molecule has 1 aliphatic heterocycles. The average molecular weight is 277 g/mol. The summed E-state index contributed by atoms with van der Waals surface area (Å²) >= 11 is 0. The van der Waals surface area contributed by atoms with Crippen molar-refractivity contribution in [3.63, 3.8) is 0 Å². The van der Waals surface area contributed by atoms with Gasteiger partial charge in [0.1, 0.15) is 12.4 Å². The van der Waals surface area contributed by atoms with Gasteiger partial charge in [-0.2, -0.15) is 0 Å². The molecule has 0 aromatic heterocycles. The second kappa shape index (κ2) is 7.65. The molecule has 1 aromatic carbocycles. The summed E-state index contributed by atoms with van der Waals surface area (Å²) in [7, 11) is 1.96. The summed E-state index contributed by atoms with van der Waals surface area (Å²) in [4.78, 5) is 0. The zero-order valence-corrected chi connectivity index (χ0v) is 12.9. The van der Waals surface area contributed by atoms with Crippen molar-refractivity contribution in [1.29, 1.82) is 0 Å². The maximum absolute atomic E-state index is 5.92. The Labute approximate surface area is 122 Å². The third-order valence-corrected chi connectivity index (χ3v) is 4.12. The van der Waals surface area contributed by atoms with Gasteiger partial charge in [-0.3, -0.25) is 0 Å². The molecule has 112 valence electrons. The molecule has 1 aliphatic rings. The van der Waals surface area contributed by atoms with Gasteiger partial charge >= 0.3 is 0 Å². The van der Waals surface area contributed by atoms with Gasteiger partial charge in [0.25, 0.3) is 0 Å². The van der Waals surface area contributed by atoms with Crippen LogP contribution in [0.15, 0.2) is 24.3 Å². The maximum atomic E-state index is 5.92. The van der Waals surface area contributed by atoms with Crippen molar-refractivity contribution in [1.82, 2.24) is 5.32 Å². The predicted molar refractivity (Wildman–Crippen MR) is 82.5 cm³/mol. The van der Waals surface area contributed by atoms with Crippen LogP contribution in [0.3, 0.4) is 0 Å². The monoisotopic (exact) mass is 277 g/mol. The molecule has 0 amide bonds. The van der Waals surface area contributed by atoms with Gasteiger partial charge in [0, 0.05) is 6.54 Å². The molecule has 1 aromatic rings. The molecule has 1 saturated heterocycles. The molecule has 0 spiro atoms. The lowest BCUT2D eigenvalue weighted by Gasteiger charge is -2.15. The standard InChI is InChI=1S/C17H27NO2/c1-4-13(2)14-5-7-15(8-6-14)19-12-17-10-9-16(20-17)11-18-3/h5-8,13,16-18H,4,9-12H2,1-3H3. The Hall–Kier alpha value is -1.06. The molecular formula is C17H27NO2. The van der Waals surface area contributed by atoms with Gasteiger partial charge in [-0.05, 0) is 49.9 Å². The van der Waals surface area contributed by atoms with Crippen molar-refractivity contribution in [3.05, 3.63) is 29.8 Å². The minimum atomic E-state index is 0.239. The summed E-state index contributed by atoms with van der Waals surface area (Å²) in [6.07, 6.45) is 3.98. The van der Waals surface area contributed by atoms with Crippen molar-refractivity contribution in [2.45, 2.75) is 51.2 Å². The van der Waals surface area contributed by atoms with E-state index in [9.17, 15) is 0 Å². The van der Waals surface area contributed by atoms with Gasteiger partial charge in [0.05, 0.1) is 12.2 Å². The number of hydrogen-bond acceptors (Lipinski definition) is 3. The largest absolute Gasteiger partial charge is 0.491 e. The zero-order valence-electron chi connectivity index (χ0n) is 12.9. The van der Waals surface area contributed by atoms with Crippen molar-refractivity contribution >= 4 is 0 Å². The first kappa shape index (κ1) is 15.3. The fourth-order valence-electron chi connectivity index (χ4n) is 2.60. The minimum Gasteiger partial charge on any atom is -0.491 e. The molecule has 0 aliphatic carbocycles. The minimum absolute atomic E-state index is 0.239. The average Bonchev–Trinajstić information content (AvgIpc) is 2.93. The molecule has 3 heteroatoms. The molecular weight excluding hydrogens is 250 g/mol. The molecule has 0 bridgehead atoms. The van der Waals surface area contributed by atoms with Crippen LogP contribution in [0.4, 0.5) is 0 Å². The van der Waals surface area contributed by atoms with E-state index in [0.717, 1.165) is 25.1 Å². The van der Waals surface area contributed by atoms with Crippen molar-refractivity contribution < 1.29 is 9.47 Å². The lowest BCUT2D eigenvalue weighted by molar-refractivity contribution is 0.0193. The van der Waals surface area contributed by atoms with Crippen molar-refractivity contribution in [2.75, 3.05) is 20.2 Å². The fourth-order valence-corrected chi connectivity index (χ4v) is 2.60. The van der Waals surface area contributed by atoms with E-state index >= 15 is 0 Å². The van der Waals surface area contributed by atoms with E-state index in [2.05, 4.69) is 43.4 Å². The van der Waals surface area contributed by atoms with Gasteiger partial charge in [-0.15, -0.1) is 0 Å². The highest BCUT2D eigenvalue weighted by Crippen LogP contribution is 2.23. The van der Waals surface area contributed by atoms with E-state index in [4.69, 9.17) is 9.47 Å². The highest BCUT2D eigenvalue weighted by Gasteiger charge is 2.24. The van der Waals surface area contributed by atoms with Crippen molar-refractivity contribution in [3.8, 4) is 5.75 Å². The van der Waals surface area contributed by atoms with Crippen LogP contribution in [-0.4, -0.2) is 32.4 Å². The third-order valence-electron chi connectivity index (χ3n) is 4.12. The highest BCUT2D eigenvalue weighted by atomic mass is 16.5. The van der Waals surface area contributed by atoms with Crippen LogP contribution >= 0.6 is 0 Å². The smallest absolute Gasteiger partial charge is 0.119 e. The molecule has 1 heterocycles. The normalized spacial score (nSPS) is 23.8. The quantitative estimate of drug-likeness (QED) is 0.829. The van der Waals surface area contributed by atoms with Crippen LogP contribution in [0.1, 0.15) is 44.6 Å². The summed E-state index contributed by atoms with van der Waals surface area (Å²) in [6, 6.07) is 8.48. The van der Waals surface area contributed by atoms with E-state index in [-0.39, 0.29) is 6.10 Å². The number of hydrogen-bond donors (Lipinski definition) is 1. The molecule has 2 rings (SSSR count). The maximum Gasteiger partial charge on any atom is 0.119 e. The fraction of sp³-hybridized carbons (Fsp3) is 0.647. The summed E-state index contributed by atoms with van der Waals surface area (Å²) < 4.78 is 11.8. The number of likely N-dealkylation sites (N-methyl/N-ethyl adjacent to an activating group) is 1. The Morgan fingerprint density at radius 3 is 2.60 bits per heavy atom. The van der Waals surface area contributed by atoms with Gasteiger partial charge in [-0.1, -0.05) is 26.0 Å². The molecule has 0 radical (unpaired) electrons. The summed E-state index contributed by atoms with van der Waals surface area (Å²) in [5.41, 5.74) is 1.38. The summed E-state index contributed by atoms with van der Waals surface area (Å²) in [6.45, 7) is 6.06. The molecule has 3 unspecified atom stereocenters. The van der Waals surface area contributed by atoms with Gasteiger partial charge in [0.2, 0.25) is 0 Å². The lowest BCUT2D eigenvalue weighted by atomic mass is 9.99. The second-order valence-electron chi connectivity index (χ2n) is 5.70. The van der Waals surface area contributed by atoms with E-state index in [0.29, 0.717) is 18.6 Å². The number of ether oxygens (including phenoxy) is 2. The van der Waals surface area contributed by atoms with Crippen LogP contribution in [0, 0.1) is 0 Å². The first-order valence-electron chi connectivity index (χ1n) is 7.75. The van der Waals surface area contributed by atoms with E-state index in [1.807, 2.05) is 7.05 Å². The van der Waals surface area contributed by atoms with Gasteiger partial charge in [-0.25, -0.2) is 0 Å². The summed E-state index contributed by atoms with van der Waals surface area (Å²) in [5.74, 6) is 1.56. The molecule has 3 atom stereocenters. The zero-order chi connectivity index (χ0) is 14.4. The Morgan fingerprint density at radius 1 is 1.25 bits per heavy atom. The van der Waals surface area contributed by atoms with E-state index in [1.165, 1.54) is 12.0 Å². The topological polar surface area (TPSA) is 30.5 Å². The van der Waals surface area contributed by atoms with Crippen molar-refractivity contribution in [2.24, 2.45) is 0 Å². The van der Waals surface area contributed by atoms with Crippen LogP contribution in [0.2, 0.25) is 0 Å². The SMILES string of the molecule is CCC(C)c1ccc(OCC2CCC(CNC)O2)cc1. The third kappa shape index (κ3) is 4.22. The first-order valence-corrected chi connectivity index (χ1v) is 7.75. The number of rotatable bonds is 7. The number of benzene rings is 1. The van der Waals surface area contributed by atoms with Crippen LogP contribution in [0.5, 0.6) is 5.75 Å². The molecule has 20 heavy (non-hydrogen) atoms. The number of nitrogens with one attached hydrogen (secondary N) is 1. The second-order valence-corrected chi connectivity index (χ2v) is 5.70. The van der Waals surface area contributed by atoms with Gasteiger partial charge < -0.3 is 14.8 Å². The van der Waals surface area contributed by atoms with Crippen LogP contribution < -0.4 is 10.1 Å². The Balaban J connectivity index is 1.77. The van der Waals surface area contributed by atoms with E-state index < -0.39 is 0 Å². The molecule has 0 saturated carbocycles. The van der Waals surface area contributed by atoms with Crippen LogP contribution in [0.25, 0.3) is 0 Å². The molecule has 1 N–H and O–H groups in total. The summed E-state index contributed by atoms with van der Waals surface area (Å²) in [5, 5.41) is 3.16. The Kier molecular flexibility index (Phi) is 5.86. The molecule has 1 fully saturated rings. The predicted octanol–water partition coefficient (Wildman–Crippen LogP) is 3.35. The Bertz CT molecular complexity index is 390. The van der Waals surface area contributed by atoms with Crippen LogP contribution in [-0.2, 0) is 4.74 Å². The molecule has 3 nitrogen and oxygen atoms in total. The first-order chi connectivity index (χ1) is 9.72. The van der Waals surface area contributed by atoms with Gasteiger partial charge in [0.15, 0.2) is 0 Å².